The Morgan fingerprint density at radius 2 is 1.72 bits per heavy atom. The number of hydrogen-bond donors (Lipinski definition) is 0. The van der Waals surface area contributed by atoms with Crippen molar-refractivity contribution in [1.29, 1.82) is 0 Å². The van der Waals surface area contributed by atoms with Crippen LogP contribution in [0, 0.1) is 0 Å². The first-order valence-corrected chi connectivity index (χ1v) is 6.19. The average Bonchev–Trinajstić information content (AvgIpc) is 2.35. The molecular formula is C13H8BrClO3. The van der Waals surface area contributed by atoms with Gasteiger partial charge in [0, 0.05) is 4.47 Å². The lowest BCUT2D eigenvalue weighted by Crippen LogP contribution is -1.89. The van der Waals surface area contributed by atoms with Gasteiger partial charge in [-0.25, -0.2) is 0 Å². The molecule has 0 radical (unpaired) electrons. The largest absolute Gasteiger partial charge is 0.456 e. The van der Waals surface area contributed by atoms with Crippen molar-refractivity contribution < 1.29 is 14.3 Å². The minimum absolute atomic E-state index is 0.376. The molecular weight excluding hydrogens is 319 g/mol. The molecule has 0 saturated carbocycles. The number of halogens is 2. The van der Waals surface area contributed by atoms with E-state index in [4.69, 9.17) is 16.3 Å². The van der Waals surface area contributed by atoms with Crippen LogP contribution in [0.5, 0.6) is 17.2 Å². The predicted molar refractivity (Wildman–Crippen MR) is 72.4 cm³/mol. The van der Waals surface area contributed by atoms with Gasteiger partial charge in [-0.05, 0) is 42.5 Å². The Hall–Kier alpha value is -1.52. The highest BCUT2D eigenvalue weighted by Gasteiger charge is 2.04. The van der Waals surface area contributed by atoms with Crippen molar-refractivity contribution in [3.8, 4) is 17.2 Å². The fraction of sp³-hybridized carbons (Fsp3) is 0. The molecule has 0 fully saturated rings. The summed E-state index contributed by atoms with van der Waals surface area (Å²) in [5, 5.41) is 0.512. The van der Waals surface area contributed by atoms with E-state index in [0.717, 1.165) is 4.47 Å². The normalized spacial score (nSPS) is 9.89. The number of rotatable bonds is 4. The molecule has 0 spiro atoms. The van der Waals surface area contributed by atoms with Crippen molar-refractivity contribution in [3.63, 3.8) is 0 Å². The highest BCUT2D eigenvalue weighted by atomic mass is 79.9. The van der Waals surface area contributed by atoms with Crippen LogP contribution in [0.3, 0.4) is 0 Å². The van der Waals surface area contributed by atoms with Gasteiger partial charge in [-0.2, -0.15) is 0 Å². The summed E-state index contributed by atoms with van der Waals surface area (Å²) in [5.41, 5.74) is 0. The second-order valence-corrected chi connectivity index (χ2v) is 4.69. The molecule has 0 aromatic heterocycles. The Bertz CT molecular complexity index is 555. The third kappa shape index (κ3) is 3.24. The maximum absolute atomic E-state index is 10.2. The molecule has 0 amide bonds. The molecule has 0 bridgehead atoms. The first kappa shape index (κ1) is 12.9. The molecule has 0 atom stereocenters. The molecule has 0 aliphatic carbocycles. The molecule has 3 nitrogen and oxygen atoms in total. The quantitative estimate of drug-likeness (QED) is 0.779. The fourth-order valence-corrected chi connectivity index (χ4v) is 2.04. The summed E-state index contributed by atoms with van der Waals surface area (Å²) in [5.74, 6) is 1.63. The van der Waals surface area contributed by atoms with E-state index in [2.05, 4.69) is 20.7 Å². The second kappa shape index (κ2) is 5.89. The lowest BCUT2D eigenvalue weighted by Gasteiger charge is -2.08. The van der Waals surface area contributed by atoms with Crippen LogP contribution >= 0.6 is 27.5 Å². The molecule has 0 aliphatic heterocycles. The van der Waals surface area contributed by atoms with Crippen molar-refractivity contribution in [1.82, 2.24) is 0 Å². The van der Waals surface area contributed by atoms with Crippen LogP contribution in [-0.4, -0.2) is 6.47 Å². The lowest BCUT2D eigenvalue weighted by molar-refractivity contribution is -0.120. The molecule has 0 aliphatic rings. The zero-order valence-electron chi connectivity index (χ0n) is 9.10. The maximum atomic E-state index is 10.2. The molecule has 0 heterocycles. The van der Waals surface area contributed by atoms with Gasteiger partial charge in [0.25, 0.3) is 6.47 Å². The van der Waals surface area contributed by atoms with Gasteiger partial charge in [0.1, 0.15) is 17.2 Å². The number of hydrogen-bond acceptors (Lipinski definition) is 3. The van der Waals surface area contributed by atoms with E-state index in [1.165, 1.54) is 0 Å². The standard InChI is InChI=1S/C13H8BrClO3/c14-9-1-6-13(12(15)7-9)18-11-4-2-10(3-5-11)17-8-16/h1-8H. The van der Waals surface area contributed by atoms with Gasteiger partial charge in [-0.15, -0.1) is 0 Å². The first-order valence-electron chi connectivity index (χ1n) is 5.02. The van der Waals surface area contributed by atoms with E-state index >= 15 is 0 Å². The van der Waals surface area contributed by atoms with Gasteiger partial charge >= 0.3 is 0 Å². The SMILES string of the molecule is O=COc1ccc(Oc2ccc(Br)cc2Cl)cc1. The van der Waals surface area contributed by atoms with Gasteiger partial charge in [0.2, 0.25) is 0 Å². The third-order valence-electron chi connectivity index (χ3n) is 2.13. The molecule has 0 saturated heterocycles. The van der Waals surface area contributed by atoms with E-state index < -0.39 is 0 Å². The van der Waals surface area contributed by atoms with Gasteiger partial charge in [-0.3, -0.25) is 4.79 Å². The van der Waals surface area contributed by atoms with Crippen molar-refractivity contribution in [2.24, 2.45) is 0 Å². The summed E-state index contributed by atoms with van der Waals surface area (Å²) in [6.07, 6.45) is 0. The number of benzene rings is 2. The van der Waals surface area contributed by atoms with Crippen molar-refractivity contribution in [2.45, 2.75) is 0 Å². The number of carbonyl (C=O) groups is 1. The van der Waals surface area contributed by atoms with Crippen LogP contribution in [0.15, 0.2) is 46.9 Å². The van der Waals surface area contributed by atoms with Crippen LogP contribution in [0.1, 0.15) is 0 Å². The van der Waals surface area contributed by atoms with Crippen LogP contribution in [-0.2, 0) is 4.79 Å². The van der Waals surface area contributed by atoms with Crippen LogP contribution in [0.4, 0.5) is 0 Å². The Labute approximate surface area is 117 Å². The molecule has 0 unspecified atom stereocenters. The van der Waals surface area contributed by atoms with E-state index in [1.54, 1.807) is 36.4 Å². The Morgan fingerprint density at radius 1 is 1.06 bits per heavy atom. The minimum atomic E-state index is 0.376. The fourth-order valence-electron chi connectivity index (χ4n) is 1.33. The number of ether oxygens (including phenoxy) is 2. The first-order chi connectivity index (χ1) is 8.69. The minimum Gasteiger partial charge on any atom is -0.456 e. The summed E-state index contributed by atoms with van der Waals surface area (Å²) in [6.45, 7) is 0.376. The van der Waals surface area contributed by atoms with Crippen LogP contribution < -0.4 is 9.47 Å². The molecule has 2 aromatic rings. The average molecular weight is 328 g/mol. The van der Waals surface area contributed by atoms with Gasteiger partial charge in [-0.1, -0.05) is 27.5 Å². The van der Waals surface area contributed by atoms with Gasteiger partial charge in [0.05, 0.1) is 5.02 Å². The zero-order valence-corrected chi connectivity index (χ0v) is 11.4. The van der Waals surface area contributed by atoms with E-state index in [0.29, 0.717) is 28.7 Å². The van der Waals surface area contributed by atoms with Crippen molar-refractivity contribution in [2.75, 3.05) is 0 Å². The van der Waals surface area contributed by atoms with E-state index in [1.807, 2.05) is 6.07 Å². The Balaban J connectivity index is 2.15. The molecule has 2 aromatic carbocycles. The topological polar surface area (TPSA) is 35.5 Å². The molecule has 5 heteroatoms. The van der Waals surface area contributed by atoms with Crippen molar-refractivity contribution in [3.05, 3.63) is 52.0 Å². The Kier molecular flexibility index (Phi) is 4.23. The number of carbonyl (C=O) groups excluding carboxylic acids is 1. The summed E-state index contributed by atoms with van der Waals surface area (Å²) < 4.78 is 11.2. The monoisotopic (exact) mass is 326 g/mol. The van der Waals surface area contributed by atoms with Crippen LogP contribution in [0.25, 0.3) is 0 Å². The molecule has 2 rings (SSSR count). The summed E-state index contributed by atoms with van der Waals surface area (Å²) >= 11 is 9.35. The predicted octanol–water partition coefficient (Wildman–Crippen LogP) is 4.43. The highest BCUT2D eigenvalue weighted by Crippen LogP contribution is 2.32. The summed E-state index contributed by atoms with van der Waals surface area (Å²) in [4.78, 5) is 10.2. The van der Waals surface area contributed by atoms with E-state index in [-0.39, 0.29) is 0 Å². The zero-order chi connectivity index (χ0) is 13.0. The van der Waals surface area contributed by atoms with Crippen LogP contribution in [0.2, 0.25) is 5.02 Å². The smallest absolute Gasteiger partial charge is 0.298 e. The summed E-state index contributed by atoms with van der Waals surface area (Å²) in [6, 6.07) is 12.0. The third-order valence-corrected chi connectivity index (χ3v) is 2.92. The van der Waals surface area contributed by atoms with Gasteiger partial charge < -0.3 is 9.47 Å². The van der Waals surface area contributed by atoms with E-state index in [9.17, 15) is 4.79 Å². The molecule has 18 heavy (non-hydrogen) atoms. The Morgan fingerprint density at radius 3 is 2.33 bits per heavy atom. The van der Waals surface area contributed by atoms with Crippen molar-refractivity contribution >= 4 is 34.0 Å². The lowest BCUT2D eigenvalue weighted by atomic mass is 10.3. The molecule has 0 N–H and O–H groups in total. The molecule has 92 valence electrons. The maximum Gasteiger partial charge on any atom is 0.298 e. The van der Waals surface area contributed by atoms with Gasteiger partial charge in [0.15, 0.2) is 0 Å². The second-order valence-electron chi connectivity index (χ2n) is 3.36. The summed E-state index contributed by atoms with van der Waals surface area (Å²) in [7, 11) is 0. The highest BCUT2D eigenvalue weighted by molar-refractivity contribution is 9.10.